The molecule has 31 heavy (non-hydrogen) atoms. The number of para-hydroxylation sites is 1. The third kappa shape index (κ3) is 3.43. The van der Waals surface area contributed by atoms with Crippen molar-refractivity contribution in [2.24, 2.45) is 4.99 Å². The van der Waals surface area contributed by atoms with Crippen LogP contribution in [0.2, 0.25) is 0 Å². The molecule has 2 aliphatic rings. The molecule has 0 aliphatic carbocycles. The molecule has 3 heterocycles. The molecule has 0 unspecified atom stereocenters. The number of amidine groups is 1. The number of nitrogens with zero attached hydrogens (tertiary/aromatic N) is 4. The summed E-state index contributed by atoms with van der Waals surface area (Å²) in [6, 6.07) is 18.0. The van der Waals surface area contributed by atoms with Crippen LogP contribution in [0, 0.1) is 0 Å². The van der Waals surface area contributed by atoms with E-state index >= 15 is 0 Å². The van der Waals surface area contributed by atoms with Gasteiger partial charge in [-0.15, -0.1) is 6.58 Å². The van der Waals surface area contributed by atoms with Crippen LogP contribution in [0.15, 0.2) is 93.3 Å². The van der Waals surface area contributed by atoms with E-state index in [1.807, 2.05) is 42.5 Å². The Morgan fingerprint density at radius 1 is 1.06 bits per heavy atom. The van der Waals surface area contributed by atoms with Crippen LogP contribution in [0.4, 0.5) is 11.4 Å². The fourth-order valence-electron chi connectivity index (χ4n) is 3.71. The van der Waals surface area contributed by atoms with Crippen LogP contribution in [0.1, 0.15) is 6.92 Å². The van der Waals surface area contributed by atoms with Crippen molar-refractivity contribution in [3.63, 3.8) is 0 Å². The lowest BCUT2D eigenvalue weighted by Crippen LogP contribution is -2.30. The molecule has 1 saturated heterocycles. The van der Waals surface area contributed by atoms with Gasteiger partial charge in [0.25, 0.3) is 5.91 Å². The van der Waals surface area contributed by atoms with Gasteiger partial charge in [0.1, 0.15) is 9.93 Å². The lowest BCUT2D eigenvalue weighted by molar-refractivity contribution is -0.121. The molecule has 5 rings (SSSR count). The predicted octanol–water partition coefficient (Wildman–Crippen LogP) is 5.79. The fraction of sp³-hybridized carbons (Fsp3) is 0.125. The normalized spacial score (nSPS) is 19.5. The van der Waals surface area contributed by atoms with Gasteiger partial charge >= 0.3 is 0 Å². The topological polar surface area (TPSA) is 48.8 Å². The standard InChI is InChI=1S/C24H20N4OS2/c1-3-15-28-22(29)21(23-27(4-2)19-12-5-6-13-20(19)30-23)31-24(28)26-18-11-7-10-17-16(18)9-8-14-25-17/h3,5-14H,1,4,15H2,2H3. The van der Waals surface area contributed by atoms with Gasteiger partial charge in [-0.3, -0.25) is 14.7 Å². The summed E-state index contributed by atoms with van der Waals surface area (Å²) in [5, 5.41) is 2.59. The van der Waals surface area contributed by atoms with Crippen molar-refractivity contribution in [2.45, 2.75) is 11.8 Å². The summed E-state index contributed by atoms with van der Waals surface area (Å²) in [4.78, 5) is 28.5. The Morgan fingerprint density at radius 2 is 1.94 bits per heavy atom. The number of thioether (sulfide) groups is 2. The van der Waals surface area contributed by atoms with Crippen LogP contribution in [0.25, 0.3) is 10.9 Å². The van der Waals surface area contributed by atoms with Crippen LogP contribution in [0.5, 0.6) is 0 Å². The summed E-state index contributed by atoms with van der Waals surface area (Å²) >= 11 is 3.08. The number of anilines is 1. The number of aromatic nitrogens is 1. The van der Waals surface area contributed by atoms with Gasteiger partial charge in [0.05, 0.1) is 16.9 Å². The zero-order valence-corrected chi connectivity index (χ0v) is 18.6. The first-order chi connectivity index (χ1) is 15.2. The molecule has 7 heteroatoms. The summed E-state index contributed by atoms with van der Waals surface area (Å²) < 4.78 is 0. The fourth-order valence-corrected chi connectivity index (χ4v) is 6.11. The molecular weight excluding hydrogens is 424 g/mol. The molecule has 1 amide bonds. The second-order valence-electron chi connectivity index (χ2n) is 7.00. The van der Waals surface area contributed by atoms with E-state index in [-0.39, 0.29) is 5.91 Å². The first-order valence-electron chi connectivity index (χ1n) is 10.0. The molecule has 0 N–H and O–H groups in total. The Morgan fingerprint density at radius 3 is 2.77 bits per heavy atom. The van der Waals surface area contributed by atoms with Gasteiger partial charge in [0.15, 0.2) is 5.17 Å². The summed E-state index contributed by atoms with van der Waals surface area (Å²) in [5.41, 5.74) is 2.83. The van der Waals surface area contributed by atoms with E-state index in [4.69, 9.17) is 4.99 Å². The number of aliphatic imine (C=N–C) groups is 1. The average molecular weight is 445 g/mol. The van der Waals surface area contributed by atoms with Gasteiger partial charge in [-0.1, -0.05) is 36.0 Å². The minimum Gasteiger partial charge on any atom is -0.334 e. The second-order valence-corrected chi connectivity index (χ2v) is 9.00. The molecule has 1 aromatic heterocycles. The van der Waals surface area contributed by atoms with Crippen LogP contribution >= 0.6 is 23.5 Å². The quantitative estimate of drug-likeness (QED) is 0.377. The van der Waals surface area contributed by atoms with Gasteiger partial charge in [0.2, 0.25) is 0 Å². The highest BCUT2D eigenvalue weighted by Crippen LogP contribution is 2.50. The molecule has 2 aromatic carbocycles. The molecule has 1 fully saturated rings. The van der Waals surface area contributed by atoms with E-state index in [2.05, 4.69) is 35.5 Å². The number of benzene rings is 2. The van der Waals surface area contributed by atoms with Crippen LogP contribution in [-0.4, -0.2) is 34.0 Å². The molecule has 2 aliphatic heterocycles. The second kappa shape index (κ2) is 8.24. The highest BCUT2D eigenvalue weighted by atomic mass is 32.2. The average Bonchev–Trinajstić information content (AvgIpc) is 3.32. The molecule has 0 spiro atoms. The Bertz CT molecular complexity index is 1260. The lowest BCUT2D eigenvalue weighted by Gasteiger charge is -2.19. The Balaban J connectivity index is 1.60. The van der Waals surface area contributed by atoms with Gasteiger partial charge in [0, 0.05) is 29.6 Å². The third-order valence-electron chi connectivity index (χ3n) is 5.13. The third-order valence-corrected chi connectivity index (χ3v) is 7.51. The minimum absolute atomic E-state index is 0.0317. The summed E-state index contributed by atoms with van der Waals surface area (Å²) in [6.45, 7) is 7.14. The minimum atomic E-state index is -0.0317. The van der Waals surface area contributed by atoms with Crippen molar-refractivity contribution in [2.75, 3.05) is 18.0 Å². The van der Waals surface area contributed by atoms with Crippen molar-refractivity contribution >= 4 is 56.9 Å². The molecule has 0 bridgehead atoms. The predicted molar refractivity (Wildman–Crippen MR) is 131 cm³/mol. The monoisotopic (exact) mass is 444 g/mol. The van der Waals surface area contributed by atoms with Crippen molar-refractivity contribution in [1.29, 1.82) is 0 Å². The summed E-state index contributed by atoms with van der Waals surface area (Å²) in [5.74, 6) is -0.0317. The highest BCUT2D eigenvalue weighted by molar-refractivity contribution is 8.19. The van der Waals surface area contributed by atoms with Crippen LogP contribution in [-0.2, 0) is 4.79 Å². The maximum atomic E-state index is 13.4. The number of carbonyl (C=O) groups is 1. The number of rotatable bonds is 4. The summed E-state index contributed by atoms with van der Waals surface area (Å²) in [6.07, 6.45) is 3.51. The molecule has 5 nitrogen and oxygen atoms in total. The zero-order valence-electron chi connectivity index (χ0n) is 17.0. The van der Waals surface area contributed by atoms with Gasteiger partial charge in [-0.25, -0.2) is 4.99 Å². The molecule has 154 valence electrons. The Hall–Kier alpha value is -3.03. The van der Waals surface area contributed by atoms with Crippen molar-refractivity contribution in [3.8, 4) is 0 Å². The van der Waals surface area contributed by atoms with Crippen molar-refractivity contribution in [3.05, 3.63) is 83.4 Å². The van der Waals surface area contributed by atoms with Gasteiger partial charge < -0.3 is 4.90 Å². The van der Waals surface area contributed by atoms with E-state index in [9.17, 15) is 4.79 Å². The number of amides is 1. The van der Waals surface area contributed by atoms with Crippen molar-refractivity contribution in [1.82, 2.24) is 9.88 Å². The van der Waals surface area contributed by atoms with Gasteiger partial charge in [-0.05, 0) is 55.1 Å². The SMILES string of the molecule is C=CCN1C(=O)C(=C2Sc3ccccc3N2CC)SC1=Nc1cccc2ncccc12. The van der Waals surface area contributed by atoms with E-state index in [0.717, 1.165) is 33.9 Å². The number of hydrogen-bond donors (Lipinski definition) is 0. The lowest BCUT2D eigenvalue weighted by atomic mass is 10.2. The number of fused-ring (bicyclic) bond motifs is 2. The molecule has 3 aromatic rings. The Kier molecular flexibility index (Phi) is 5.29. The van der Waals surface area contributed by atoms with E-state index < -0.39 is 0 Å². The number of carbonyl (C=O) groups excluding carboxylic acids is 1. The highest BCUT2D eigenvalue weighted by Gasteiger charge is 2.39. The van der Waals surface area contributed by atoms with E-state index in [1.165, 1.54) is 16.7 Å². The first-order valence-corrected chi connectivity index (χ1v) is 11.7. The van der Waals surface area contributed by atoms with Gasteiger partial charge in [-0.2, -0.15) is 0 Å². The van der Waals surface area contributed by atoms with E-state index in [1.54, 1.807) is 28.9 Å². The molecule has 0 atom stereocenters. The number of pyridine rings is 1. The zero-order chi connectivity index (χ0) is 21.4. The van der Waals surface area contributed by atoms with Crippen molar-refractivity contribution < 1.29 is 4.79 Å². The maximum Gasteiger partial charge on any atom is 0.269 e. The molecule has 0 radical (unpaired) electrons. The van der Waals surface area contributed by atoms with Crippen LogP contribution < -0.4 is 4.90 Å². The van der Waals surface area contributed by atoms with E-state index in [0.29, 0.717) is 16.6 Å². The molecular formula is C24H20N4OS2. The summed E-state index contributed by atoms with van der Waals surface area (Å²) in [7, 11) is 0. The number of hydrogen-bond acceptors (Lipinski definition) is 6. The largest absolute Gasteiger partial charge is 0.334 e. The first kappa shape index (κ1) is 19.9. The Labute approximate surface area is 189 Å². The molecule has 0 saturated carbocycles. The maximum absolute atomic E-state index is 13.4. The van der Waals surface area contributed by atoms with Crippen LogP contribution in [0.3, 0.4) is 0 Å². The smallest absolute Gasteiger partial charge is 0.269 e.